The van der Waals surface area contributed by atoms with Crippen molar-refractivity contribution in [3.8, 4) is 17.2 Å². The first-order chi connectivity index (χ1) is 12.1. The van der Waals surface area contributed by atoms with Gasteiger partial charge in [0.15, 0.2) is 17.1 Å². The van der Waals surface area contributed by atoms with Crippen LogP contribution in [0.1, 0.15) is 21.7 Å². The summed E-state index contributed by atoms with van der Waals surface area (Å²) in [7, 11) is 1.57. The van der Waals surface area contributed by atoms with Crippen LogP contribution in [0.15, 0.2) is 30.5 Å². The molecule has 0 saturated carbocycles. The SMILES string of the molecule is COc1cc2c(cc1CNC(=O)c1ccc3nc(C)nn3c1)OCO2. The summed E-state index contributed by atoms with van der Waals surface area (Å²) in [6, 6.07) is 7.05. The lowest BCUT2D eigenvalue weighted by molar-refractivity contribution is 0.0950. The number of carbonyl (C=O) groups is 1. The van der Waals surface area contributed by atoms with E-state index in [4.69, 9.17) is 14.2 Å². The summed E-state index contributed by atoms with van der Waals surface area (Å²) in [6.45, 7) is 2.29. The molecular formula is C17H16N4O4. The fourth-order valence-electron chi connectivity index (χ4n) is 2.70. The molecule has 128 valence electrons. The monoisotopic (exact) mass is 340 g/mol. The number of ether oxygens (including phenoxy) is 3. The zero-order valence-electron chi connectivity index (χ0n) is 13.8. The van der Waals surface area contributed by atoms with Crippen LogP contribution in [0.2, 0.25) is 0 Å². The molecule has 0 bridgehead atoms. The van der Waals surface area contributed by atoms with E-state index in [9.17, 15) is 4.79 Å². The Hall–Kier alpha value is -3.29. The van der Waals surface area contributed by atoms with Crippen LogP contribution in [0.3, 0.4) is 0 Å². The largest absolute Gasteiger partial charge is 0.496 e. The molecule has 1 aliphatic heterocycles. The van der Waals surface area contributed by atoms with Crippen molar-refractivity contribution in [3.05, 3.63) is 47.4 Å². The highest BCUT2D eigenvalue weighted by Gasteiger charge is 2.18. The minimum absolute atomic E-state index is 0.186. The Morgan fingerprint density at radius 3 is 2.92 bits per heavy atom. The summed E-state index contributed by atoms with van der Waals surface area (Å²) in [5.41, 5.74) is 2.00. The first kappa shape index (κ1) is 15.3. The number of rotatable bonds is 4. The summed E-state index contributed by atoms with van der Waals surface area (Å²) in [5.74, 6) is 2.35. The Balaban J connectivity index is 1.53. The molecular weight excluding hydrogens is 324 g/mol. The quantitative estimate of drug-likeness (QED) is 0.778. The van der Waals surface area contributed by atoms with E-state index in [1.165, 1.54) is 0 Å². The molecule has 0 saturated heterocycles. The average Bonchev–Trinajstić information content (AvgIpc) is 3.22. The second-order valence-electron chi connectivity index (χ2n) is 5.58. The fraction of sp³-hybridized carbons (Fsp3) is 0.235. The average molecular weight is 340 g/mol. The van der Waals surface area contributed by atoms with Gasteiger partial charge < -0.3 is 19.5 Å². The highest BCUT2D eigenvalue weighted by molar-refractivity contribution is 5.94. The smallest absolute Gasteiger partial charge is 0.253 e. The normalized spacial score (nSPS) is 12.4. The van der Waals surface area contributed by atoms with Crippen molar-refractivity contribution in [1.82, 2.24) is 19.9 Å². The van der Waals surface area contributed by atoms with Gasteiger partial charge in [0.05, 0.1) is 12.7 Å². The first-order valence-electron chi connectivity index (χ1n) is 7.72. The lowest BCUT2D eigenvalue weighted by Gasteiger charge is -2.11. The molecule has 1 aromatic carbocycles. The first-order valence-corrected chi connectivity index (χ1v) is 7.72. The number of methoxy groups -OCH3 is 1. The predicted molar refractivity (Wildman–Crippen MR) is 88.0 cm³/mol. The van der Waals surface area contributed by atoms with Crippen molar-refractivity contribution >= 4 is 11.6 Å². The van der Waals surface area contributed by atoms with E-state index in [-0.39, 0.29) is 12.7 Å². The number of aromatic nitrogens is 3. The van der Waals surface area contributed by atoms with Crippen LogP contribution < -0.4 is 19.5 Å². The zero-order chi connectivity index (χ0) is 17.4. The standard InChI is InChI=1S/C17H16N4O4/c1-10-19-16-4-3-11(8-21(16)20-10)17(22)18-7-12-5-14-15(25-9-24-14)6-13(12)23-2/h3-6,8H,7,9H2,1-2H3,(H,18,22). The van der Waals surface area contributed by atoms with E-state index in [0.717, 1.165) is 5.56 Å². The van der Waals surface area contributed by atoms with Crippen LogP contribution in [0.5, 0.6) is 17.2 Å². The van der Waals surface area contributed by atoms with Crippen LogP contribution in [0.4, 0.5) is 0 Å². The van der Waals surface area contributed by atoms with Gasteiger partial charge in [0.1, 0.15) is 11.6 Å². The summed E-state index contributed by atoms with van der Waals surface area (Å²) in [6.07, 6.45) is 1.65. The topological polar surface area (TPSA) is 87.0 Å². The maximum Gasteiger partial charge on any atom is 0.253 e. The molecule has 8 nitrogen and oxygen atoms in total. The van der Waals surface area contributed by atoms with Crippen molar-refractivity contribution in [1.29, 1.82) is 0 Å². The Morgan fingerprint density at radius 1 is 1.32 bits per heavy atom. The Kier molecular flexibility index (Phi) is 3.64. The van der Waals surface area contributed by atoms with Crippen LogP contribution in [0.25, 0.3) is 5.65 Å². The molecule has 3 heterocycles. The third kappa shape index (κ3) is 2.82. The number of amides is 1. The van der Waals surface area contributed by atoms with E-state index in [1.54, 1.807) is 42.9 Å². The second kappa shape index (κ2) is 5.97. The molecule has 0 spiro atoms. The van der Waals surface area contributed by atoms with Gasteiger partial charge in [0.25, 0.3) is 5.91 Å². The molecule has 1 N–H and O–H groups in total. The number of fused-ring (bicyclic) bond motifs is 2. The summed E-state index contributed by atoms with van der Waals surface area (Å²) in [4.78, 5) is 16.7. The molecule has 8 heteroatoms. The summed E-state index contributed by atoms with van der Waals surface area (Å²) >= 11 is 0. The van der Waals surface area contributed by atoms with E-state index < -0.39 is 0 Å². The highest BCUT2D eigenvalue weighted by atomic mass is 16.7. The van der Waals surface area contributed by atoms with Crippen LogP contribution in [-0.4, -0.2) is 34.4 Å². The lowest BCUT2D eigenvalue weighted by Crippen LogP contribution is -2.23. The van der Waals surface area contributed by atoms with E-state index >= 15 is 0 Å². The predicted octanol–water partition coefficient (Wildman–Crippen LogP) is 1.71. The van der Waals surface area contributed by atoms with Gasteiger partial charge in [-0.15, -0.1) is 0 Å². The Labute approximate surface area is 143 Å². The van der Waals surface area contributed by atoms with Gasteiger partial charge in [-0.05, 0) is 25.1 Å². The fourth-order valence-corrected chi connectivity index (χ4v) is 2.70. The number of benzene rings is 1. The summed E-state index contributed by atoms with van der Waals surface area (Å²) in [5, 5.41) is 7.09. The molecule has 0 unspecified atom stereocenters. The van der Waals surface area contributed by atoms with Crippen molar-refractivity contribution in [2.24, 2.45) is 0 Å². The van der Waals surface area contributed by atoms with Crippen LogP contribution in [-0.2, 0) is 6.54 Å². The van der Waals surface area contributed by atoms with Crippen molar-refractivity contribution < 1.29 is 19.0 Å². The van der Waals surface area contributed by atoms with Gasteiger partial charge in [-0.2, -0.15) is 5.10 Å². The van der Waals surface area contributed by atoms with Crippen LogP contribution >= 0.6 is 0 Å². The number of aryl methyl sites for hydroxylation is 1. The molecule has 1 amide bonds. The van der Waals surface area contributed by atoms with E-state index in [0.29, 0.717) is 40.8 Å². The molecule has 1 aliphatic rings. The van der Waals surface area contributed by atoms with E-state index in [2.05, 4.69) is 15.4 Å². The molecule has 2 aromatic heterocycles. The lowest BCUT2D eigenvalue weighted by atomic mass is 10.1. The minimum Gasteiger partial charge on any atom is -0.496 e. The molecule has 3 aromatic rings. The Morgan fingerprint density at radius 2 is 2.12 bits per heavy atom. The molecule has 0 atom stereocenters. The number of hydrogen-bond donors (Lipinski definition) is 1. The van der Waals surface area contributed by atoms with Gasteiger partial charge in [-0.1, -0.05) is 0 Å². The number of carbonyl (C=O) groups excluding carboxylic acids is 1. The number of pyridine rings is 1. The molecule has 0 radical (unpaired) electrons. The molecule has 0 fully saturated rings. The van der Waals surface area contributed by atoms with Gasteiger partial charge in [0, 0.05) is 24.4 Å². The second-order valence-corrected chi connectivity index (χ2v) is 5.58. The summed E-state index contributed by atoms with van der Waals surface area (Å²) < 4.78 is 17.6. The Bertz CT molecular complexity index is 967. The van der Waals surface area contributed by atoms with Gasteiger partial charge in [-0.3, -0.25) is 4.79 Å². The maximum absolute atomic E-state index is 12.4. The van der Waals surface area contributed by atoms with Crippen molar-refractivity contribution in [2.45, 2.75) is 13.5 Å². The van der Waals surface area contributed by atoms with E-state index in [1.807, 2.05) is 6.07 Å². The number of nitrogens with one attached hydrogen (secondary N) is 1. The van der Waals surface area contributed by atoms with Crippen LogP contribution in [0, 0.1) is 6.92 Å². The van der Waals surface area contributed by atoms with Crippen molar-refractivity contribution in [3.63, 3.8) is 0 Å². The molecule has 4 rings (SSSR count). The highest BCUT2D eigenvalue weighted by Crippen LogP contribution is 2.38. The number of nitrogens with zero attached hydrogens (tertiary/aromatic N) is 3. The molecule has 0 aliphatic carbocycles. The minimum atomic E-state index is -0.213. The third-order valence-corrected chi connectivity index (χ3v) is 3.91. The number of hydrogen-bond acceptors (Lipinski definition) is 6. The van der Waals surface area contributed by atoms with Gasteiger partial charge >= 0.3 is 0 Å². The van der Waals surface area contributed by atoms with Gasteiger partial charge in [0.2, 0.25) is 6.79 Å². The zero-order valence-corrected chi connectivity index (χ0v) is 13.8. The van der Waals surface area contributed by atoms with Gasteiger partial charge in [-0.25, -0.2) is 9.50 Å². The third-order valence-electron chi connectivity index (χ3n) is 3.91. The maximum atomic E-state index is 12.4. The molecule has 25 heavy (non-hydrogen) atoms. The van der Waals surface area contributed by atoms with Crippen molar-refractivity contribution in [2.75, 3.05) is 13.9 Å².